The minimum absolute atomic E-state index is 0.200. The zero-order valence-electron chi connectivity index (χ0n) is 11.6. The van der Waals surface area contributed by atoms with Crippen LogP contribution in [0.2, 0.25) is 0 Å². The van der Waals surface area contributed by atoms with E-state index >= 15 is 0 Å². The van der Waals surface area contributed by atoms with Crippen LogP contribution in [0.25, 0.3) is 0 Å². The lowest BCUT2D eigenvalue weighted by Gasteiger charge is -2.22. The summed E-state index contributed by atoms with van der Waals surface area (Å²) in [7, 11) is 1.69. The molecule has 1 aromatic carbocycles. The number of hydrogen-bond donors (Lipinski definition) is 0. The number of methoxy groups -OCH3 is 1. The Labute approximate surface area is 123 Å². The van der Waals surface area contributed by atoms with Gasteiger partial charge in [-0.1, -0.05) is 29.3 Å². The Kier molecular flexibility index (Phi) is 4.52. The van der Waals surface area contributed by atoms with E-state index in [2.05, 4.69) is 35.0 Å². The second kappa shape index (κ2) is 5.96. The number of benzene rings is 1. The summed E-state index contributed by atoms with van der Waals surface area (Å²) in [4.78, 5) is 0. The molecule has 19 heavy (non-hydrogen) atoms. The van der Waals surface area contributed by atoms with Crippen LogP contribution in [-0.4, -0.2) is 7.11 Å². The molecule has 0 N–H and O–H groups in total. The molecule has 102 valence electrons. The van der Waals surface area contributed by atoms with Crippen LogP contribution >= 0.6 is 15.9 Å². The van der Waals surface area contributed by atoms with Crippen molar-refractivity contribution in [1.29, 1.82) is 5.26 Å². The van der Waals surface area contributed by atoms with Crippen LogP contribution in [0.1, 0.15) is 38.2 Å². The number of hydrogen-bond acceptors (Lipinski definition) is 2. The Balaban J connectivity index is 2.24. The van der Waals surface area contributed by atoms with E-state index in [0.717, 1.165) is 35.0 Å². The molecule has 2 unspecified atom stereocenters. The number of halogens is 1. The van der Waals surface area contributed by atoms with Gasteiger partial charge in [-0.05, 0) is 55.4 Å². The zero-order valence-corrected chi connectivity index (χ0v) is 13.2. The minimum atomic E-state index is -0.200. The van der Waals surface area contributed by atoms with E-state index in [1.807, 2.05) is 12.1 Å². The Morgan fingerprint density at radius 3 is 2.89 bits per heavy atom. The summed E-state index contributed by atoms with van der Waals surface area (Å²) in [5, 5.41) is 9.62. The molecular formula is C16H20BrNO. The summed E-state index contributed by atoms with van der Waals surface area (Å²) in [6, 6.07) is 8.62. The Hall–Kier alpha value is -1.01. The van der Waals surface area contributed by atoms with Crippen molar-refractivity contribution in [2.24, 2.45) is 11.3 Å². The van der Waals surface area contributed by atoms with Crippen LogP contribution < -0.4 is 4.74 Å². The first kappa shape index (κ1) is 14.4. The summed E-state index contributed by atoms with van der Waals surface area (Å²) in [6.45, 7) is 2.22. The second-order valence-electron chi connectivity index (χ2n) is 5.54. The number of nitriles is 1. The summed E-state index contributed by atoms with van der Waals surface area (Å²) in [5.41, 5.74) is 0.935. The molecule has 1 aromatic rings. The first-order valence-electron chi connectivity index (χ1n) is 6.86. The van der Waals surface area contributed by atoms with Crippen molar-refractivity contribution < 1.29 is 4.74 Å². The smallest absolute Gasteiger partial charge is 0.122 e. The lowest BCUT2D eigenvalue weighted by molar-refractivity contribution is 0.363. The van der Waals surface area contributed by atoms with Crippen LogP contribution in [0.4, 0.5) is 0 Å². The predicted octanol–water partition coefficient (Wildman–Crippen LogP) is 4.72. The van der Waals surface area contributed by atoms with Crippen LogP contribution in [-0.2, 0) is 6.42 Å². The molecule has 1 aliphatic carbocycles. The third-order valence-electron chi connectivity index (χ3n) is 4.30. The molecule has 1 fully saturated rings. The molecule has 0 amide bonds. The van der Waals surface area contributed by atoms with Crippen molar-refractivity contribution >= 4 is 15.9 Å². The topological polar surface area (TPSA) is 33.0 Å². The average Bonchev–Trinajstić information content (AvgIpc) is 2.83. The molecule has 3 heteroatoms. The highest BCUT2D eigenvalue weighted by Crippen LogP contribution is 2.46. The fourth-order valence-electron chi connectivity index (χ4n) is 3.14. The van der Waals surface area contributed by atoms with Gasteiger partial charge >= 0.3 is 0 Å². The first-order chi connectivity index (χ1) is 9.12. The van der Waals surface area contributed by atoms with Crippen LogP contribution in [0.15, 0.2) is 22.7 Å². The molecule has 0 saturated heterocycles. The van der Waals surface area contributed by atoms with Crippen molar-refractivity contribution in [2.45, 2.75) is 39.0 Å². The van der Waals surface area contributed by atoms with Crippen molar-refractivity contribution in [1.82, 2.24) is 0 Å². The van der Waals surface area contributed by atoms with E-state index in [0.29, 0.717) is 5.92 Å². The zero-order chi connectivity index (χ0) is 13.9. The lowest BCUT2D eigenvalue weighted by Crippen LogP contribution is -2.18. The van der Waals surface area contributed by atoms with Crippen LogP contribution in [0, 0.1) is 22.7 Å². The highest BCUT2D eigenvalue weighted by molar-refractivity contribution is 9.10. The van der Waals surface area contributed by atoms with Gasteiger partial charge in [0.15, 0.2) is 0 Å². The Morgan fingerprint density at radius 2 is 2.32 bits per heavy atom. The maximum absolute atomic E-state index is 9.62. The van der Waals surface area contributed by atoms with E-state index in [1.165, 1.54) is 12.8 Å². The van der Waals surface area contributed by atoms with E-state index in [1.54, 1.807) is 7.11 Å². The molecule has 0 aliphatic heterocycles. The third-order valence-corrected chi connectivity index (χ3v) is 4.79. The minimum Gasteiger partial charge on any atom is -0.496 e. The number of rotatable bonds is 4. The Bertz CT molecular complexity index is 494. The van der Waals surface area contributed by atoms with E-state index in [-0.39, 0.29) is 5.41 Å². The molecule has 2 rings (SSSR count). The average molecular weight is 322 g/mol. The molecule has 0 aromatic heterocycles. The fraction of sp³-hybridized carbons (Fsp3) is 0.562. The molecule has 0 radical (unpaired) electrons. The van der Waals surface area contributed by atoms with Crippen molar-refractivity contribution in [3.63, 3.8) is 0 Å². The lowest BCUT2D eigenvalue weighted by atomic mass is 9.80. The monoisotopic (exact) mass is 321 g/mol. The maximum atomic E-state index is 9.62. The number of ether oxygens (including phenoxy) is 1. The van der Waals surface area contributed by atoms with Crippen LogP contribution in [0.3, 0.4) is 0 Å². The SMILES string of the molecule is CCC1CCC(C#N)(Cc2cc(Br)ccc2OC)C1. The molecule has 1 aliphatic rings. The molecule has 0 bridgehead atoms. The quantitative estimate of drug-likeness (QED) is 0.803. The summed E-state index contributed by atoms with van der Waals surface area (Å²) in [5.74, 6) is 1.59. The highest BCUT2D eigenvalue weighted by atomic mass is 79.9. The van der Waals surface area contributed by atoms with Gasteiger partial charge in [-0.3, -0.25) is 0 Å². The maximum Gasteiger partial charge on any atom is 0.122 e. The molecule has 2 atom stereocenters. The van der Waals surface area contributed by atoms with Gasteiger partial charge in [0.2, 0.25) is 0 Å². The van der Waals surface area contributed by atoms with E-state index < -0.39 is 0 Å². The predicted molar refractivity (Wildman–Crippen MR) is 80.1 cm³/mol. The van der Waals surface area contributed by atoms with Crippen molar-refractivity contribution in [3.8, 4) is 11.8 Å². The molecular weight excluding hydrogens is 302 g/mol. The second-order valence-corrected chi connectivity index (χ2v) is 6.46. The fourth-order valence-corrected chi connectivity index (χ4v) is 3.55. The summed E-state index contributed by atoms with van der Waals surface area (Å²) in [6.07, 6.45) is 5.19. The molecule has 2 nitrogen and oxygen atoms in total. The Morgan fingerprint density at radius 1 is 1.53 bits per heavy atom. The number of nitrogens with zero attached hydrogens (tertiary/aromatic N) is 1. The highest BCUT2D eigenvalue weighted by Gasteiger charge is 2.39. The van der Waals surface area contributed by atoms with Gasteiger partial charge in [0.1, 0.15) is 5.75 Å². The standard InChI is InChI=1S/C16H20BrNO/c1-3-12-6-7-16(9-12,11-18)10-13-8-14(17)4-5-15(13)19-2/h4-5,8,12H,3,6-7,9-10H2,1-2H3. The third kappa shape index (κ3) is 3.12. The first-order valence-corrected chi connectivity index (χ1v) is 7.65. The summed E-state index contributed by atoms with van der Waals surface area (Å²) < 4.78 is 6.47. The van der Waals surface area contributed by atoms with E-state index in [4.69, 9.17) is 4.74 Å². The van der Waals surface area contributed by atoms with Crippen LogP contribution in [0.5, 0.6) is 5.75 Å². The van der Waals surface area contributed by atoms with E-state index in [9.17, 15) is 5.26 Å². The van der Waals surface area contributed by atoms with Gasteiger partial charge < -0.3 is 4.74 Å². The van der Waals surface area contributed by atoms with Gasteiger partial charge in [-0.15, -0.1) is 0 Å². The largest absolute Gasteiger partial charge is 0.496 e. The molecule has 0 heterocycles. The van der Waals surface area contributed by atoms with Crippen molar-refractivity contribution in [2.75, 3.05) is 7.11 Å². The van der Waals surface area contributed by atoms with Gasteiger partial charge in [0.25, 0.3) is 0 Å². The van der Waals surface area contributed by atoms with Gasteiger partial charge in [-0.2, -0.15) is 5.26 Å². The molecule has 0 spiro atoms. The van der Waals surface area contributed by atoms with Gasteiger partial charge in [0, 0.05) is 4.47 Å². The van der Waals surface area contributed by atoms with Gasteiger partial charge in [0.05, 0.1) is 18.6 Å². The molecule has 1 saturated carbocycles. The summed E-state index contributed by atoms with van der Waals surface area (Å²) >= 11 is 3.50. The van der Waals surface area contributed by atoms with Crippen molar-refractivity contribution in [3.05, 3.63) is 28.2 Å². The normalized spacial score (nSPS) is 26.1. The van der Waals surface area contributed by atoms with Gasteiger partial charge in [-0.25, -0.2) is 0 Å².